The number of hydrogen-bond acceptors (Lipinski definition) is 5. The quantitative estimate of drug-likeness (QED) is 0.622. The van der Waals surface area contributed by atoms with E-state index >= 15 is 0 Å². The first-order valence-corrected chi connectivity index (χ1v) is 7.97. The van der Waals surface area contributed by atoms with E-state index in [0.717, 1.165) is 19.3 Å². The molecule has 1 spiro atoms. The molecule has 0 radical (unpaired) electrons. The second kappa shape index (κ2) is 6.75. The van der Waals surface area contributed by atoms with Crippen molar-refractivity contribution in [3.8, 4) is 5.75 Å². The van der Waals surface area contributed by atoms with Crippen LogP contribution in [0.4, 0.5) is 8.78 Å². The van der Waals surface area contributed by atoms with Gasteiger partial charge in [-0.15, -0.1) is 0 Å². The first-order chi connectivity index (χ1) is 11.5. The third-order valence-electron chi connectivity index (χ3n) is 4.35. The molecule has 2 fully saturated rings. The van der Waals surface area contributed by atoms with Gasteiger partial charge in [0.15, 0.2) is 5.92 Å². The topological polar surface area (TPSA) is 61.8 Å². The Balaban J connectivity index is 1.65. The molecule has 1 saturated heterocycles. The van der Waals surface area contributed by atoms with Crippen molar-refractivity contribution in [3.63, 3.8) is 0 Å². The summed E-state index contributed by atoms with van der Waals surface area (Å²) in [6, 6.07) is 5.79. The van der Waals surface area contributed by atoms with Crippen LogP contribution in [0, 0.1) is 5.92 Å². The minimum Gasteiger partial charge on any atom is -0.435 e. The molecule has 1 aromatic rings. The number of halogens is 2. The molecule has 0 bridgehead atoms. The standard InChI is InChI=1S/C17H18F2O5/c18-16(19)22-12-6-4-11(5-7-12)10-13-14(20)23-17(24-15(13)21)8-2-1-3-9-17/h4-7,13,16H,1-3,8-10H2. The number of hydrogen-bond donors (Lipinski definition) is 0. The third-order valence-corrected chi connectivity index (χ3v) is 4.35. The lowest BCUT2D eigenvalue weighted by Gasteiger charge is -2.40. The lowest BCUT2D eigenvalue weighted by molar-refractivity contribution is -0.260. The van der Waals surface area contributed by atoms with Gasteiger partial charge in [0.1, 0.15) is 5.75 Å². The first-order valence-electron chi connectivity index (χ1n) is 7.97. The molecule has 0 atom stereocenters. The fourth-order valence-electron chi connectivity index (χ4n) is 3.13. The van der Waals surface area contributed by atoms with Gasteiger partial charge in [-0.05, 0) is 37.0 Å². The first kappa shape index (κ1) is 16.7. The van der Waals surface area contributed by atoms with E-state index in [1.54, 1.807) is 0 Å². The smallest absolute Gasteiger partial charge is 0.387 e. The molecule has 130 valence electrons. The Hall–Kier alpha value is -2.18. The highest BCUT2D eigenvalue weighted by Crippen LogP contribution is 2.37. The molecule has 1 heterocycles. The van der Waals surface area contributed by atoms with Gasteiger partial charge < -0.3 is 14.2 Å². The van der Waals surface area contributed by atoms with E-state index in [-0.39, 0.29) is 12.2 Å². The van der Waals surface area contributed by atoms with Gasteiger partial charge in [-0.3, -0.25) is 9.59 Å². The Bertz CT molecular complexity index is 588. The second-order valence-corrected chi connectivity index (χ2v) is 6.09. The summed E-state index contributed by atoms with van der Waals surface area (Å²) >= 11 is 0. The van der Waals surface area contributed by atoms with Crippen LogP contribution in [0.2, 0.25) is 0 Å². The molecule has 1 aromatic carbocycles. The van der Waals surface area contributed by atoms with Crippen LogP contribution in [0.5, 0.6) is 5.75 Å². The summed E-state index contributed by atoms with van der Waals surface area (Å²) in [5.41, 5.74) is 0.634. The lowest BCUT2D eigenvalue weighted by Crippen LogP contribution is -2.51. The highest BCUT2D eigenvalue weighted by Gasteiger charge is 2.49. The number of carbonyl (C=O) groups excluding carboxylic acids is 2. The van der Waals surface area contributed by atoms with Crippen molar-refractivity contribution in [2.24, 2.45) is 5.92 Å². The van der Waals surface area contributed by atoms with Gasteiger partial charge in [-0.25, -0.2) is 0 Å². The average molecular weight is 340 g/mol. The van der Waals surface area contributed by atoms with Crippen LogP contribution in [0.25, 0.3) is 0 Å². The fraction of sp³-hybridized carbons (Fsp3) is 0.529. The SMILES string of the molecule is O=C1OC2(CCCCC2)OC(=O)C1Cc1ccc(OC(F)F)cc1. The van der Waals surface area contributed by atoms with E-state index < -0.39 is 30.3 Å². The zero-order chi connectivity index (χ0) is 17.2. The summed E-state index contributed by atoms with van der Waals surface area (Å²) in [6.07, 6.45) is 3.93. The summed E-state index contributed by atoms with van der Waals surface area (Å²) < 4.78 is 39.4. The van der Waals surface area contributed by atoms with Gasteiger partial charge in [-0.1, -0.05) is 18.6 Å². The highest BCUT2D eigenvalue weighted by molar-refractivity contribution is 5.97. The highest BCUT2D eigenvalue weighted by atomic mass is 19.3. The molecule has 0 N–H and O–H groups in total. The van der Waals surface area contributed by atoms with Gasteiger partial charge in [0, 0.05) is 12.8 Å². The second-order valence-electron chi connectivity index (χ2n) is 6.09. The zero-order valence-electron chi connectivity index (χ0n) is 13.0. The van der Waals surface area contributed by atoms with E-state index in [2.05, 4.69) is 4.74 Å². The molecule has 2 aliphatic rings. The third kappa shape index (κ3) is 3.66. The molecule has 7 heteroatoms. The maximum atomic E-state index is 12.2. The van der Waals surface area contributed by atoms with Crippen molar-refractivity contribution in [3.05, 3.63) is 29.8 Å². The molecular weight excluding hydrogens is 322 g/mol. The average Bonchev–Trinajstić information content (AvgIpc) is 2.53. The van der Waals surface area contributed by atoms with Crippen LogP contribution in [0.3, 0.4) is 0 Å². The molecule has 24 heavy (non-hydrogen) atoms. The van der Waals surface area contributed by atoms with Gasteiger partial charge in [-0.2, -0.15) is 8.78 Å². The van der Waals surface area contributed by atoms with Crippen LogP contribution in [-0.2, 0) is 25.5 Å². The molecule has 5 nitrogen and oxygen atoms in total. The molecule has 0 unspecified atom stereocenters. The van der Waals surface area contributed by atoms with Crippen LogP contribution in [0.15, 0.2) is 24.3 Å². The van der Waals surface area contributed by atoms with E-state index in [9.17, 15) is 18.4 Å². The number of rotatable bonds is 4. The largest absolute Gasteiger partial charge is 0.435 e. The van der Waals surface area contributed by atoms with Crippen LogP contribution in [0.1, 0.15) is 37.7 Å². The Kier molecular flexibility index (Phi) is 4.69. The Labute approximate surface area is 137 Å². The summed E-state index contributed by atoms with van der Waals surface area (Å²) in [5.74, 6) is -3.26. The number of esters is 2. The summed E-state index contributed by atoms with van der Waals surface area (Å²) in [6.45, 7) is -2.90. The van der Waals surface area contributed by atoms with E-state index in [4.69, 9.17) is 9.47 Å². The molecule has 3 rings (SSSR count). The van der Waals surface area contributed by atoms with Gasteiger partial charge in [0.25, 0.3) is 5.79 Å². The van der Waals surface area contributed by atoms with E-state index in [0.29, 0.717) is 18.4 Å². The fourth-order valence-corrected chi connectivity index (χ4v) is 3.13. The maximum Gasteiger partial charge on any atom is 0.387 e. The summed E-state index contributed by atoms with van der Waals surface area (Å²) in [5, 5.41) is 0. The van der Waals surface area contributed by atoms with Crippen LogP contribution in [-0.4, -0.2) is 24.3 Å². The monoisotopic (exact) mass is 340 g/mol. The van der Waals surface area contributed by atoms with Gasteiger partial charge >= 0.3 is 18.6 Å². The number of alkyl halides is 2. The molecule has 1 aliphatic carbocycles. The van der Waals surface area contributed by atoms with Crippen LogP contribution >= 0.6 is 0 Å². The molecule has 0 aromatic heterocycles. The minimum atomic E-state index is -2.90. The van der Waals surface area contributed by atoms with Gasteiger partial charge in [0.05, 0.1) is 0 Å². The summed E-state index contributed by atoms with van der Waals surface area (Å²) in [4.78, 5) is 24.5. The predicted octanol–water partition coefficient (Wildman–Crippen LogP) is 3.21. The summed E-state index contributed by atoms with van der Waals surface area (Å²) in [7, 11) is 0. The Morgan fingerprint density at radius 2 is 1.62 bits per heavy atom. The normalized spacial score (nSPS) is 20.8. The molecule has 1 saturated carbocycles. The molecule has 0 amide bonds. The number of ether oxygens (including phenoxy) is 3. The van der Waals surface area contributed by atoms with Crippen molar-refractivity contribution in [2.75, 3.05) is 0 Å². The van der Waals surface area contributed by atoms with E-state index in [1.165, 1.54) is 24.3 Å². The van der Waals surface area contributed by atoms with Crippen molar-refractivity contribution in [1.82, 2.24) is 0 Å². The van der Waals surface area contributed by atoms with Crippen LogP contribution < -0.4 is 4.74 Å². The van der Waals surface area contributed by atoms with Crippen molar-refractivity contribution >= 4 is 11.9 Å². The van der Waals surface area contributed by atoms with Crippen molar-refractivity contribution < 1.29 is 32.6 Å². The Morgan fingerprint density at radius 3 is 2.17 bits per heavy atom. The number of carbonyl (C=O) groups is 2. The van der Waals surface area contributed by atoms with Gasteiger partial charge in [0.2, 0.25) is 0 Å². The van der Waals surface area contributed by atoms with E-state index in [1.807, 2.05) is 0 Å². The predicted molar refractivity (Wildman–Crippen MR) is 78.3 cm³/mol. The lowest BCUT2D eigenvalue weighted by atomic mass is 9.91. The molecule has 1 aliphatic heterocycles. The molecular formula is C17H18F2O5. The Morgan fingerprint density at radius 1 is 1.04 bits per heavy atom. The number of benzene rings is 1. The minimum absolute atomic E-state index is 0.0173. The van der Waals surface area contributed by atoms with Crippen molar-refractivity contribution in [1.29, 1.82) is 0 Å². The zero-order valence-corrected chi connectivity index (χ0v) is 13.0. The maximum absolute atomic E-state index is 12.2. The van der Waals surface area contributed by atoms with Crippen molar-refractivity contribution in [2.45, 2.75) is 50.9 Å².